The van der Waals surface area contributed by atoms with Gasteiger partial charge in [-0.15, -0.1) is 0 Å². The third kappa shape index (κ3) is 2.11. The van der Waals surface area contributed by atoms with Crippen molar-refractivity contribution in [3.8, 4) is 0 Å². The van der Waals surface area contributed by atoms with Crippen molar-refractivity contribution < 1.29 is 4.79 Å². The first-order chi connectivity index (χ1) is 9.65. The maximum atomic E-state index is 12.3. The summed E-state index contributed by atoms with van der Waals surface area (Å²) in [5.74, 6) is 0.559. The van der Waals surface area contributed by atoms with E-state index >= 15 is 0 Å². The molecule has 6 nitrogen and oxygen atoms in total. The van der Waals surface area contributed by atoms with E-state index in [0.29, 0.717) is 11.3 Å². The number of hydrogen-bond donors (Lipinski definition) is 4. The van der Waals surface area contributed by atoms with Crippen LogP contribution < -0.4 is 11.1 Å². The number of rotatable bonds is 3. The summed E-state index contributed by atoms with van der Waals surface area (Å²) in [6.45, 7) is 1.87. The number of H-pyrrole nitrogens is 2. The number of anilines is 1. The van der Waals surface area contributed by atoms with Crippen LogP contribution in [0, 0.1) is 0 Å². The molecule has 1 amide bonds. The van der Waals surface area contributed by atoms with Gasteiger partial charge in [0.15, 0.2) is 0 Å². The van der Waals surface area contributed by atoms with E-state index in [1.54, 1.807) is 30.7 Å². The van der Waals surface area contributed by atoms with E-state index in [2.05, 4.69) is 20.3 Å². The number of nitrogen functional groups attached to an aromatic ring is 1. The van der Waals surface area contributed by atoms with Gasteiger partial charge in [0.1, 0.15) is 5.82 Å². The van der Waals surface area contributed by atoms with Crippen LogP contribution in [0.5, 0.6) is 0 Å². The first kappa shape index (κ1) is 12.3. The first-order valence-corrected chi connectivity index (χ1v) is 6.32. The number of nitrogens with two attached hydrogens (primary N) is 1. The molecule has 1 atom stereocenters. The number of hydrogen-bond acceptors (Lipinski definition) is 3. The number of aromatic amines is 2. The van der Waals surface area contributed by atoms with Gasteiger partial charge in [0.25, 0.3) is 5.91 Å². The Hall–Kier alpha value is -2.76. The second-order valence-corrected chi connectivity index (χ2v) is 4.68. The van der Waals surface area contributed by atoms with Crippen LogP contribution in [0.2, 0.25) is 0 Å². The van der Waals surface area contributed by atoms with Gasteiger partial charge in [-0.05, 0) is 25.1 Å². The maximum Gasteiger partial charge on any atom is 0.254 e. The predicted molar refractivity (Wildman–Crippen MR) is 77.2 cm³/mol. The SMILES string of the molecule is CC(NC(=O)c1c[nH]c2ccc(N)cc12)c1ncc[nH]1. The van der Waals surface area contributed by atoms with Crippen LogP contribution in [0.25, 0.3) is 10.9 Å². The highest BCUT2D eigenvalue weighted by molar-refractivity contribution is 6.07. The third-order valence-electron chi connectivity index (χ3n) is 3.23. The minimum absolute atomic E-state index is 0.161. The zero-order chi connectivity index (χ0) is 14.1. The van der Waals surface area contributed by atoms with E-state index in [9.17, 15) is 4.79 Å². The molecule has 0 saturated heterocycles. The fraction of sp³-hybridized carbons (Fsp3) is 0.143. The van der Waals surface area contributed by atoms with E-state index in [-0.39, 0.29) is 11.9 Å². The number of carbonyl (C=O) groups is 1. The zero-order valence-electron chi connectivity index (χ0n) is 11.0. The van der Waals surface area contributed by atoms with Gasteiger partial charge in [0.05, 0.1) is 11.6 Å². The van der Waals surface area contributed by atoms with Gasteiger partial charge in [-0.1, -0.05) is 0 Å². The van der Waals surface area contributed by atoms with Crippen molar-refractivity contribution >= 4 is 22.5 Å². The van der Waals surface area contributed by atoms with Gasteiger partial charge in [-0.3, -0.25) is 4.79 Å². The molecular formula is C14H15N5O. The summed E-state index contributed by atoms with van der Waals surface area (Å²) in [7, 11) is 0. The minimum atomic E-state index is -0.191. The fourth-order valence-corrected chi connectivity index (χ4v) is 2.18. The smallest absolute Gasteiger partial charge is 0.254 e. The highest BCUT2D eigenvalue weighted by Crippen LogP contribution is 2.21. The number of fused-ring (bicyclic) bond motifs is 1. The molecule has 0 fully saturated rings. The molecule has 5 N–H and O–H groups in total. The molecule has 2 aromatic heterocycles. The van der Waals surface area contributed by atoms with Crippen LogP contribution in [-0.2, 0) is 0 Å². The summed E-state index contributed by atoms with van der Waals surface area (Å²) in [6, 6.07) is 5.25. The lowest BCUT2D eigenvalue weighted by Crippen LogP contribution is -2.27. The highest BCUT2D eigenvalue weighted by Gasteiger charge is 2.16. The van der Waals surface area contributed by atoms with Crippen LogP contribution in [0.15, 0.2) is 36.8 Å². The molecule has 0 aliphatic rings. The van der Waals surface area contributed by atoms with Crippen molar-refractivity contribution in [3.63, 3.8) is 0 Å². The number of imidazole rings is 1. The largest absolute Gasteiger partial charge is 0.399 e. The molecular weight excluding hydrogens is 254 g/mol. The molecule has 0 aliphatic heterocycles. The van der Waals surface area contributed by atoms with Gasteiger partial charge in [-0.2, -0.15) is 0 Å². The fourth-order valence-electron chi connectivity index (χ4n) is 2.18. The molecule has 6 heteroatoms. The number of aromatic nitrogens is 3. The molecule has 0 bridgehead atoms. The second-order valence-electron chi connectivity index (χ2n) is 4.68. The quantitative estimate of drug-likeness (QED) is 0.547. The van der Waals surface area contributed by atoms with Gasteiger partial charge in [0.2, 0.25) is 0 Å². The molecule has 3 aromatic rings. The molecule has 0 aliphatic carbocycles. The molecule has 1 unspecified atom stereocenters. The lowest BCUT2D eigenvalue weighted by Gasteiger charge is -2.10. The van der Waals surface area contributed by atoms with Crippen LogP contribution in [0.4, 0.5) is 5.69 Å². The Labute approximate surface area is 115 Å². The lowest BCUT2D eigenvalue weighted by atomic mass is 10.1. The average molecular weight is 269 g/mol. The monoisotopic (exact) mass is 269 g/mol. The summed E-state index contributed by atoms with van der Waals surface area (Å²) < 4.78 is 0. The van der Waals surface area contributed by atoms with Crippen molar-refractivity contribution in [2.75, 3.05) is 5.73 Å². The number of amides is 1. The normalized spacial score (nSPS) is 12.4. The third-order valence-corrected chi connectivity index (χ3v) is 3.23. The molecule has 102 valence electrons. The van der Waals surface area contributed by atoms with Crippen LogP contribution in [-0.4, -0.2) is 20.9 Å². The average Bonchev–Trinajstić information content (AvgIpc) is 3.07. The Morgan fingerprint density at radius 2 is 2.25 bits per heavy atom. The van der Waals surface area contributed by atoms with E-state index < -0.39 is 0 Å². The van der Waals surface area contributed by atoms with Gasteiger partial charge in [0, 0.05) is 35.2 Å². The van der Waals surface area contributed by atoms with Crippen LogP contribution in [0.3, 0.4) is 0 Å². The van der Waals surface area contributed by atoms with Crippen molar-refractivity contribution in [2.24, 2.45) is 0 Å². The molecule has 2 heterocycles. The molecule has 0 spiro atoms. The first-order valence-electron chi connectivity index (χ1n) is 6.32. The van der Waals surface area contributed by atoms with E-state index in [1.165, 1.54) is 0 Å². The van der Waals surface area contributed by atoms with Gasteiger partial charge < -0.3 is 21.0 Å². The molecule has 0 saturated carbocycles. The Morgan fingerprint density at radius 3 is 3.00 bits per heavy atom. The number of nitrogens with one attached hydrogen (secondary N) is 3. The van der Waals surface area contributed by atoms with Crippen molar-refractivity contribution in [3.05, 3.63) is 48.2 Å². The van der Waals surface area contributed by atoms with Crippen LogP contribution >= 0.6 is 0 Å². The zero-order valence-corrected chi connectivity index (χ0v) is 11.0. The molecule has 3 rings (SSSR count). The van der Waals surface area contributed by atoms with E-state index in [4.69, 9.17) is 5.73 Å². The van der Waals surface area contributed by atoms with Gasteiger partial charge >= 0.3 is 0 Å². The minimum Gasteiger partial charge on any atom is -0.399 e. The summed E-state index contributed by atoms with van der Waals surface area (Å²) in [6.07, 6.45) is 5.07. The summed E-state index contributed by atoms with van der Waals surface area (Å²) >= 11 is 0. The van der Waals surface area contributed by atoms with Crippen molar-refractivity contribution in [1.29, 1.82) is 0 Å². The Bertz CT molecular complexity index is 744. The highest BCUT2D eigenvalue weighted by atomic mass is 16.1. The summed E-state index contributed by atoms with van der Waals surface area (Å²) in [5.41, 5.74) is 7.86. The number of nitrogens with zero attached hydrogens (tertiary/aromatic N) is 1. The molecule has 20 heavy (non-hydrogen) atoms. The Balaban J connectivity index is 1.87. The molecule has 0 radical (unpaired) electrons. The number of carbonyl (C=O) groups excluding carboxylic acids is 1. The van der Waals surface area contributed by atoms with E-state index in [0.717, 1.165) is 16.7 Å². The Morgan fingerprint density at radius 1 is 1.40 bits per heavy atom. The van der Waals surface area contributed by atoms with Crippen LogP contribution in [0.1, 0.15) is 29.1 Å². The van der Waals surface area contributed by atoms with E-state index in [1.807, 2.05) is 13.0 Å². The predicted octanol–water partition coefficient (Wildman–Crippen LogP) is 1.96. The van der Waals surface area contributed by atoms with Crippen molar-refractivity contribution in [1.82, 2.24) is 20.3 Å². The lowest BCUT2D eigenvalue weighted by molar-refractivity contribution is 0.0940. The second kappa shape index (κ2) is 4.73. The topological polar surface area (TPSA) is 99.6 Å². The number of benzene rings is 1. The summed E-state index contributed by atoms with van der Waals surface area (Å²) in [4.78, 5) is 22.5. The van der Waals surface area contributed by atoms with Crippen molar-refractivity contribution in [2.45, 2.75) is 13.0 Å². The standard InChI is InChI=1S/C14H15N5O/c1-8(13-16-4-5-17-13)19-14(20)11-7-18-12-3-2-9(15)6-10(11)12/h2-8,18H,15H2,1H3,(H,16,17)(H,19,20). The molecule has 1 aromatic carbocycles. The van der Waals surface area contributed by atoms with Gasteiger partial charge in [-0.25, -0.2) is 4.98 Å². The maximum absolute atomic E-state index is 12.3. The summed E-state index contributed by atoms with van der Waals surface area (Å²) in [5, 5.41) is 3.72. The Kier molecular flexibility index (Phi) is 2.90.